The highest BCUT2D eigenvalue weighted by Crippen LogP contribution is 2.30. The maximum absolute atomic E-state index is 12.4. The summed E-state index contributed by atoms with van der Waals surface area (Å²) in [5, 5.41) is 21.0. The van der Waals surface area contributed by atoms with E-state index in [0.29, 0.717) is 10.6 Å². The molecule has 1 fully saturated rings. The van der Waals surface area contributed by atoms with Gasteiger partial charge in [0, 0.05) is 28.8 Å². The van der Waals surface area contributed by atoms with Gasteiger partial charge in [0.1, 0.15) is 18.4 Å². The van der Waals surface area contributed by atoms with Crippen molar-refractivity contribution in [3.05, 3.63) is 67.4 Å². The molecule has 3 rings (SSSR count). The van der Waals surface area contributed by atoms with Crippen molar-refractivity contribution in [2.45, 2.75) is 37.9 Å². The Morgan fingerprint density at radius 1 is 1.35 bits per heavy atom. The van der Waals surface area contributed by atoms with Crippen LogP contribution >= 0.6 is 11.6 Å². The first-order chi connectivity index (χ1) is 12.3. The van der Waals surface area contributed by atoms with Crippen LogP contribution in [0.3, 0.4) is 0 Å². The molecule has 0 spiro atoms. The maximum atomic E-state index is 12.4. The Hall–Kier alpha value is -2.26. The molecule has 9 heteroatoms. The number of ketones is 1. The smallest absolute Gasteiger partial charge is 0.330 e. The number of aryl methyl sites for hydroxylation is 1. The number of hydrogen-bond donors (Lipinski definition) is 3. The topological polar surface area (TPSA) is 122 Å². The third kappa shape index (κ3) is 3.49. The van der Waals surface area contributed by atoms with E-state index in [9.17, 15) is 24.6 Å². The monoisotopic (exact) mass is 380 g/mol. The van der Waals surface area contributed by atoms with Gasteiger partial charge in [0.25, 0.3) is 5.56 Å². The summed E-state index contributed by atoms with van der Waals surface area (Å²) in [6, 6.07) is 5.95. The molecular formula is C17H17ClN2O6. The Balaban J connectivity index is 1.81. The van der Waals surface area contributed by atoms with Crippen molar-refractivity contribution in [1.29, 1.82) is 0 Å². The van der Waals surface area contributed by atoms with Crippen molar-refractivity contribution in [3.63, 3.8) is 0 Å². The van der Waals surface area contributed by atoms with Crippen LogP contribution in [-0.4, -0.2) is 43.9 Å². The van der Waals surface area contributed by atoms with Crippen molar-refractivity contribution >= 4 is 17.4 Å². The summed E-state index contributed by atoms with van der Waals surface area (Å²) in [4.78, 5) is 38.0. The van der Waals surface area contributed by atoms with E-state index in [4.69, 9.17) is 16.3 Å². The number of carbonyl (C=O) groups excluding carboxylic acids is 1. The van der Waals surface area contributed by atoms with Crippen LogP contribution in [0.1, 0.15) is 28.6 Å². The molecule has 0 bridgehead atoms. The van der Waals surface area contributed by atoms with Crippen LogP contribution in [0.15, 0.2) is 40.1 Å². The van der Waals surface area contributed by atoms with E-state index in [1.165, 1.54) is 37.4 Å². The van der Waals surface area contributed by atoms with Gasteiger partial charge >= 0.3 is 5.69 Å². The van der Waals surface area contributed by atoms with E-state index in [1.54, 1.807) is 0 Å². The summed E-state index contributed by atoms with van der Waals surface area (Å²) in [5.41, 5.74) is -0.696. The Morgan fingerprint density at radius 3 is 2.65 bits per heavy atom. The van der Waals surface area contributed by atoms with Gasteiger partial charge in [-0.3, -0.25) is 19.1 Å². The van der Waals surface area contributed by atoms with Gasteiger partial charge in [-0.25, -0.2) is 4.79 Å². The van der Waals surface area contributed by atoms with Crippen LogP contribution in [0.4, 0.5) is 0 Å². The van der Waals surface area contributed by atoms with Gasteiger partial charge in [-0.1, -0.05) is 11.6 Å². The predicted molar refractivity (Wildman–Crippen MR) is 92.4 cm³/mol. The molecule has 2 heterocycles. The summed E-state index contributed by atoms with van der Waals surface area (Å²) >= 11 is 5.78. The molecule has 0 amide bonds. The minimum atomic E-state index is -1.62. The minimum absolute atomic E-state index is 0.0129. The molecule has 2 aromatic rings. The largest absolute Gasteiger partial charge is 0.390 e. The van der Waals surface area contributed by atoms with Crippen LogP contribution in [-0.2, 0) is 4.74 Å². The number of rotatable bonds is 4. The average molecular weight is 381 g/mol. The van der Waals surface area contributed by atoms with Gasteiger partial charge < -0.3 is 14.9 Å². The molecule has 8 nitrogen and oxygen atoms in total. The number of hydrogen-bond acceptors (Lipinski definition) is 6. The zero-order chi connectivity index (χ0) is 19.0. The second kappa shape index (κ2) is 7.16. The number of nitrogens with zero attached hydrogens (tertiary/aromatic N) is 1. The summed E-state index contributed by atoms with van der Waals surface area (Å²) in [6.07, 6.45) is -3.59. The van der Waals surface area contributed by atoms with Gasteiger partial charge in [-0.2, -0.15) is 0 Å². The summed E-state index contributed by atoms with van der Waals surface area (Å²) in [5.74, 6) is -0.628. The molecule has 1 aromatic heterocycles. The highest BCUT2D eigenvalue weighted by Gasteiger charge is 2.42. The fraction of sp³-hybridized carbons (Fsp3) is 0.353. The number of carbonyl (C=O) groups is 1. The fourth-order valence-corrected chi connectivity index (χ4v) is 2.99. The van der Waals surface area contributed by atoms with E-state index < -0.39 is 41.6 Å². The molecule has 1 aromatic carbocycles. The normalized spacial score (nSPS) is 23.8. The molecule has 1 aliphatic heterocycles. The Bertz CT molecular complexity index is 936. The maximum Gasteiger partial charge on any atom is 0.330 e. The molecule has 0 saturated carbocycles. The molecule has 3 N–H and O–H groups in total. The van der Waals surface area contributed by atoms with Crippen molar-refractivity contribution in [3.8, 4) is 0 Å². The first-order valence-electron chi connectivity index (χ1n) is 7.91. The third-order valence-electron chi connectivity index (χ3n) is 4.30. The Morgan fingerprint density at radius 2 is 2.00 bits per heavy atom. The van der Waals surface area contributed by atoms with E-state index >= 15 is 0 Å². The number of aromatic nitrogens is 2. The molecule has 0 aliphatic carbocycles. The van der Waals surface area contributed by atoms with E-state index in [1.807, 2.05) is 0 Å². The van der Waals surface area contributed by atoms with Crippen molar-refractivity contribution in [1.82, 2.24) is 9.55 Å². The van der Waals surface area contributed by atoms with Crippen molar-refractivity contribution in [2.24, 2.45) is 0 Å². The van der Waals surface area contributed by atoms with Gasteiger partial charge in [0.2, 0.25) is 0 Å². The Kier molecular flexibility index (Phi) is 5.10. The molecule has 0 radical (unpaired) electrons. The average Bonchev–Trinajstić information content (AvgIpc) is 2.99. The lowest BCUT2D eigenvalue weighted by Gasteiger charge is -2.20. The third-order valence-corrected chi connectivity index (χ3v) is 4.55. The highest BCUT2D eigenvalue weighted by molar-refractivity contribution is 6.30. The van der Waals surface area contributed by atoms with Gasteiger partial charge in [0.05, 0.1) is 6.10 Å². The van der Waals surface area contributed by atoms with Gasteiger partial charge in [-0.05, 0) is 31.2 Å². The predicted octanol–water partition coefficient (Wildman–Crippen LogP) is 0.391. The second-order valence-corrected chi connectivity index (χ2v) is 6.59. The van der Waals surface area contributed by atoms with Crippen LogP contribution in [0.2, 0.25) is 5.02 Å². The first kappa shape index (κ1) is 18.5. The number of benzene rings is 1. The number of aromatic amines is 1. The van der Waals surface area contributed by atoms with Gasteiger partial charge in [0.15, 0.2) is 5.78 Å². The Labute approximate surface area is 152 Å². The number of aliphatic hydroxyl groups is 2. The number of H-pyrrole nitrogens is 1. The van der Waals surface area contributed by atoms with Gasteiger partial charge in [-0.15, -0.1) is 0 Å². The standard InChI is InChI=1S/C17H17ClN2O6/c1-8-7-20(17(25)19-16(8)24)12-6-11(21)15(26-12)14(23)13(22)9-2-4-10(18)5-3-9/h2-5,7,11-12,14-15,21,23H,6H2,1H3,(H,19,24,25)/t11-,12+,14?,15+/m1/s1. The van der Waals surface area contributed by atoms with Crippen LogP contribution < -0.4 is 11.2 Å². The van der Waals surface area contributed by atoms with Crippen molar-refractivity contribution < 1.29 is 19.7 Å². The fourth-order valence-electron chi connectivity index (χ4n) is 2.87. The molecular weight excluding hydrogens is 364 g/mol. The lowest BCUT2D eigenvalue weighted by atomic mass is 9.99. The molecule has 1 unspecified atom stereocenters. The van der Waals surface area contributed by atoms with Crippen LogP contribution in [0.5, 0.6) is 0 Å². The minimum Gasteiger partial charge on any atom is -0.390 e. The first-order valence-corrected chi connectivity index (χ1v) is 8.29. The number of ether oxygens (including phenoxy) is 1. The summed E-state index contributed by atoms with van der Waals surface area (Å²) < 4.78 is 6.68. The summed E-state index contributed by atoms with van der Waals surface area (Å²) in [7, 11) is 0. The summed E-state index contributed by atoms with van der Waals surface area (Å²) in [6.45, 7) is 1.52. The lowest BCUT2D eigenvalue weighted by molar-refractivity contribution is -0.0715. The lowest BCUT2D eigenvalue weighted by Crippen LogP contribution is -2.40. The van der Waals surface area contributed by atoms with Crippen LogP contribution in [0, 0.1) is 6.92 Å². The molecule has 1 aliphatic rings. The second-order valence-electron chi connectivity index (χ2n) is 6.15. The molecule has 1 saturated heterocycles. The van der Waals surface area contributed by atoms with Crippen molar-refractivity contribution in [2.75, 3.05) is 0 Å². The molecule has 138 valence electrons. The quantitative estimate of drug-likeness (QED) is 0.660. The number of nitrogens with one attached hydrogen (secondary N) is 1. The zero-order valence-electron chi connectivity index (χ0n) is 13.8. The highest BCUT2D eigenvalue weighted by atomic mass is 35.5. The molecule has 4 atom stereocenters. The number of aliphatic hydroxyl groups excluding tert-OH is 2. The number of halogens is 1. The van der Waals surface area contributed by atoms with E-state index in [2.05, 4.69) is 4.98 Å². The molecule has 26 heavy (non-hydrogen) atoms. The van der Waals surface area contributed by atoms with E-state index in [0.717, 1.165) is 4.57 Å². The SMILES string of the molecule is Cc1cn([C@@H]2C[C@@H](O)[C@@H](C(O)C(=O)c3ccc(Cl)cc3)O2)c(=O)[nH]c1=O. The number of Topliss-reactive ketones (excluding diaryl/α,β-unsaturated/α-hetero) is 1. The van der Waals surface area contributed by atoms with Crippen LogP contribution in [0.25, 0.3) is 0 Å². The van der Waals surface area contributed by atoms with E-state index in [-0.39, 0.29) is 12.0 Å². The zero-order valence-corrected chi connectivity index (χ0v) is 14.5.